The van der Waals surface area contributed by atoms with Crippen molar-refractivity contribution in [2.45, 2.75) is 13.5 Å². The highest BCUT2D eigenvalue weighted by Crippen LogP contribution is 1.89. The van der Waals surface area contributed by atoms with Crippen LogP contribution in [0.15, 0.2) is 17.2 Å². The monoisotopic (exact) mass is 170 g/mol. The van der Waals surface area contributed by atoms with E-state index in [0.717, 1.165) is 5.56 Å². The van der Waals surface area contributed by atoms with Crippen LogP contribution in [-0.4, -0.2) is 15.3 Å². The summed E-state index contributed by atoms with van der Waals surface area (Å²) in [5.74, 6) is 0.658. The largest absolute Gasteiger partial charge is 0.347 e. The van der Waals surface area contributed by atoms with Crippen LogP contribution in [0.4, 0.5) is 0 Å². The van der Waals surface area contributed by atoms with Crippen molar-refractivity contribution in [3.8, 4) is 0 Å². The summed E-state index contributed by atoms with van der Waals surface area (Å²) in [7, 11) is 0. The zero-order valence-electron chi connectivity index (χ0n) is 6.32. The lowest BCUT2D eigenvalue weighted by Gasteiger charge is -2.01. The van der Waals surface area contributed by atoms with Gasteiger partial charge in [0.25, 0.3) is 0 Å². The molecule has 1 heterocycles. The Hall–Kier alpha value is -0.770. The van der Waals surface area contributed by atoms with Crippen molar-refractivity contribution in [3.05, 3.63) is 28.4 Å². The lowest BCUT2D eigenvalue weighted by Crippen LogP contribution is -2.22. The van der Waals surface area contributed by atoms with Crippen molar-refractivity contribution >= 4 is 12.6 Å². The molecule has 0 aliphatic carbocycles. The number of thiol groups is 1. The van der Waals surface area contributed by atoms with E-state index in [9.17, 15) is 4.79 Å². The molecular weight excluding hydrogens is 160 g/mol. The molecule has 1 aromatic rings. The van der Waals surface area contributed by atoms with Crippen molar-refractivity contribution in [2.75, 3.05) is 5.75 Å². The molecule has 0 aromatic carbocycles. The molecule has 0 unspecified atom stereocenters. The summed E-state index contributed by atoms with van der Waals surface area (Å²) in [5, 5.41) is 0. The Morgan fingerprint density at radius 3 is 3.09 bits per heavy atom. The molecule has 0 bridgehead atoms. The molecule has 0 N–H and O–H groups in total. The molecule has 0 radical (unpaired) electrons. The summed E-state index contributed by atoms with van der Waals surface area (Å²) in [6, 6.07) is 0. The van der Waals surface area contributed by atoms with Crippen molar-refractivity contribution in [2.24, 2.45) is 0 Å². The molecule has 0 saturated carbocycles. The first-order valence-corrected chi connectivity index (χ1v) is 4.01. The van der Waals surface area contributed by atoms with E-state index in [1.165, 1.54) is 0 Å². The Kier molecular flexibility index (Phi) is 2.70. The molecule has 1 aromatic heterocycles. The van der Waals surface area contributed by atoms with Gasteiger partial charge in [0.2, 0.25) is 0 Å². The maximum atomic E-state index is 11.0. The SMILES string of the molecule is Cc1cnc(=O)n(CCS)c1. The fraction of sp³-hybridized carbons (Fsp3) is 0.429. The third-order valence-electron chi connectivity index (χ3n) is 1.32. The fourth-order valence-corrected chi connectivity index (χ4v) is 1.05. The predicted octanol–water partition coefficient (Wildman–Crippen LogP) is 0.482. The fourth-order valence-electron chi connectivity index (χ4n) is 0.833. The molecule has 0 fully saturated rings. The number of aromatic nitrogens is 2. The van der Waals surface area contributed by atoms with Crippen LogP contribution in [0.2, 0.25) is 0 Å². The van der Waals surface area contributed by atoms with E-state index in [0.29, 0.717) is 12.3 Å². The third-order valence-corrected chi connectivity index (χ3v) is 1.52. The van der Waals surface area contributed by atoms with E-state index in [1.807, 2.05) is 6.92 Å². The van der Waals surface area contributed by atoms with Gasteiger partial charge in [-0.25, -0.2) is 9.78 Å². The number of hydrogen-bond acceptors (Lipinski definition) is 3. The Balaban J connectivity index is 3.03. The minimum Gasteiger partial charge on any atom is -0.298 e. The van der Waals surface area contributed by atoms with Gasteiger partial charge in [0, 0.05) is 24.7 Å². The molecule has 0 atom stereocenters. The highest BCUT2D eigenvalue weighted by molar-refractivity contribution is 7.80. The first-order valence-electron chi connectivity index (χ1n) is 3.38. The molecule has 1 rings (SSSR count). The minimum absolute atomic E-state index is 0.204. The van der Waals surface area contributed by atoms with Crippen LogP contribution < -0.4 is 5.69 Å². The standard InChI is InChI=1S/C7H10N2OS/c1-6-4-8-7(10)9(5-6)2-3-11/h4-5,11H,2-3H2,1H3. The molecule has 0 spiro atoms. The number of aryl methyl sites for hydroxylation is 2. The molecule has 0 aliphatic heterocycles. The van der Waals surface area contributed by atoms with E-state index in [-0.39, 0.29) is 5.69 Å². The lowest BCUT2D eigenvalue weighted by molar-refractivity contribution is 0.701. The minimum atomic E-state index is -0.204. The van der Waals surface area contributed by atoms with Crippen molar-refractivity contribution in [3.63, 3.8) is 0 Å². The smallest absolute Gasteiger partial charge is 0.298 e. The van der Waals surface area contributed by atoms with Crippen molar-refractivity contribution in [1.82, 2.24) is 9.55 Å². The molecule has 3 nitrogen and oxygen atoms in total. The van der Waals surface area contributed by atoms with Crippen LogP contribution in [-0.2, 0) is 6.54 Å². The third kappa shape index (κ3) is 2.08. The highest BCUT2D eigenvalue weighted by atomic mass is 32.1. The van der Waals surface area contributed by atoms with Crippen LogP contribution in [0.1, 0.15) is 5.56 Å². The van der Waals surface area contributed by atoms with Crippen LogP contribution in [0, 0.1) is 6.92 Å². The van der Waals surface area contributed by atoms with E-state index in [4.69, 9.17) is 0 Å². The van der Waals surface area contributed by atoms with Crippen LogP contribution in [0.3, 0.4) is 0 Å². The van der Waals surface area contributed by atoms with Gasteiger partial charge in [0.15, 0.2) is 0 Å². The molecular formula is C7H10N2OS. The maximum Gasteiger partial charge on any atom is 0.347 e. The summed E-state index contributed by atoms with van der Waals surface area (Å²) >= 11 is 4.03. The second-order valence-corrected chi connectivity index (χ2v) is 2.78. The van der Waals surface area contributed by atoms with Gasteiger partial charge >= 0.3 is 5.69 Å². The van der Waals surface area contributed by atoms with Gasteiger partial charge < -0.3 is 0 Å². The Bertz CT molecular complexity index is 295. The maximum absolute atomic E-state index is 11.0. The van der Waals surface area contributed by atoms with E-state index in [1.54, 1.807) is 17.0 Å². The molecule has 0 saturated heterocycles. The molecule has 4 heteroatoms. The molecule has 0 aliphatic rings. The predicted molar refractivity (Wildman–Crippen MR) is 47.1 cm³/mol. The summed E-state index contributed by atoms with van der Waals surface area (Å²) < 4.78 is 1.56. The van der Waals surface area contributed by atoms with Crippen LogP contribution in [0.5, 0.6) is 0 Å². The Morgan fingerprint density at radius 2 is 2.45 bits per heavy atom. The first-order chi connectivity index (χ1) is 5.24. The quantitative estimate of drug-likeness (QED) is 0.655. The summed E-state index contributed by atoms with van der Waals surface area (Å²) in [6.45, 7) is 2.53. The first kappa shape index (κ1) is 8.33. The normalized spacial score (nSPS) is 10.0. The van der Waals surface area contributed by atoms with Gasteiger partial charge in [-0.1, -0.05) is 0 Å². The summed E-state index contributed by atoms with van der Waals surface area (Å²) in [6.07, 6.45) is 3.35. The second-order valence-electron chi connectivity index (χ2n) is 2.33. The van der Waals surface area contributed by atoms with E-state index >= 15 is 0 Å². The van der Waals surface area contributed by atoms with E-state index in [2.05, 4.69) is 17.6 Å². The number of hydrogen-bond donors (Lipinski definition) is 1. The second kappa shape index (κ2) is 3.57. The van der Waals surface area contributed by atoms with Gasteiger partial charge in [0.05, 0.1) is 0 Å². The number of rotatable bonds is 2. The topological polar surface area (TPSA) is 34.9 Å². The van der Waals surface area contributed by atoms with Crippen LogP contribution in [0.25, 0.3) is 0 Å². The lowest BCUT2D eigenvalue weighted by atomic mass is 10.4. The molecule has 11 heavy (non-hydrogen) atoms. The van der Waals surface area contributed by atoms with Gasteiger partial charge in [-0.3, -0.25) is 4.57 Å². The molecule has 60 valence electrons. The van der Waals surface area contributed by atoms with Gasteiger partial charge in [0.1, 0.15) is 0 Å². The summed E-state index contributed by atoms with van der Waals surface area (Å²) in [5.41, 5.74) is 0.788. The van der Waals surface area contributed by atoms with Crippen LogP contribution >= 0.6 is 12.6 Å². The molecule has 0 amide bonds. The number of nitrogens with zero attached hydrogens (tertiary/aromatic N) is 2. The Labute approximate surface area is 70.5 Å². The zero-order chi connectivity index (χ0) is 8.27. The highest BCUT2D eigenvalue weighted by Gasteiger charge is 1.94. The van der Waals surface area contributed by atoms with E-state index < -0.39 is 0 Å². The Morgan fingerprint density at radius 1 is 1.73 bits per heavy atom. The van der Waals surface area contributed by atoms with Gasteiger partial charge in [-0.15, -0.1) is 0 Å². The van der Waals surface area contributed by atoms with Gasteiger partial charge in [-0.05, 0) is 12.5 Å². The summed E-state index contributed by atoms with van der Waals surface area (Å²) in [4.78, 5) is 14.6. The average molecular weight is 170 g/mol. The average Bonchev–Trinajstić information content (AvgIpc) is 1.98. The van der Waals surface area contributed by atoms with Crippen molar-refractivity contribution in [1.29, 1.82) is 0 Å². The van der Waals surface area contributed by atoms with Gasteiger partial charge in [-0.2, -0.15) is 12.6 Å². The zero-order valence-corrected chi connectivity index (χ0v) is 7.21. The van der Waals surface area contributed by atoms with Crippen molar-refractivity contribution < 1.29 is 0 Å².